The maximum Gasteiger partial charge on any atom is 0.180 e. The Hall–Kier alpha value is 0.0700. The summed E-state index contributed by atoms with van der Waals surface area (Å²) in [7, 11) is 0. The van der Waals surface area contributed by atoms with Crippen LogP contribution in [0.3, 0.4) is 0 Å². The molecule has 1 fully saturated rings. The van der Waals surface area contributed by atoms with Crippen molar-refractivity contribution in [2.24, 2.45) is 0 Å². The minimum absolute atomic E-state index is 0.276. The van der Waals surface area contributed by atoms with E-state index in [9.17, 15) is 0 Å². The Morgan fingerprint density at radius 3 is 2.92 bits per heavy atom. The van der Waals surface area contributed by atoms with Crippen molar-refractivity contribution in [1.82, 2.24) is 4.98 Å². The molecule has 0 amide bonds. The number of thiazole rings is 1. The zero-order valence-corrected chi connectivity index (χ0v) is 8.75. The number of alkyl halides is 1. The lowest BCUT2D eigenvalue weighted by Gasteiger charge is -2.03. The summed E-state index contributed by atoms with van der Waals surface area (Å²) in [4.78, 5) is 5.29. The van der Waals surface area contributed by atoms with Gasteiger partial charge in [-0.2, -0.15) is 0 Å². The van der Waals surface area contributed by atoms with Gasteiger partial charge in [0.1, 0.15) is 0 Å². The fourth-order valence-corrected chi connectivity index (χ4v) is 3.86. The molecule has 0 radical (unpaired) electrons. The molecular weight excluding hydrogens is 212 g/mol. The molecule has 1 aromatic rings. The first-order valence-electron chi connectivity index (χ1n) is 3.76. The van der Waals surface area contributed by atoms with Gasteiger partial charge < -0.3 is 5.73 Å². The number of halogens is 1. The second-order valence-corrected chi connectivity index (χ2v) is 6.00. The summed E-state index contributed by atoms with van der Waals surface area (Å²) in [5.41, 5.74) is 5.55. The molecule has 1 aliphatic rings. The highest BCUT2D eigenvalue weighted by molar-refractivity contribution is 8.01. The summed E-state index contributed by atoms with van der Waals surface area (Å²) in [6.45, 7) is 0. The number of rotatable bonds is 1. The molecule has 1 aliphatic heterocycles. The number of anilines is 1. The van der Waals surface area contributed by atoms with Crippen molar-refractivity contribution < 1.29 is 0 Å². The molecule has 66 valence electrons. The minimum atomic E-state index is 0.276. The van der Waals surface area contributed by atoms with Crippen molar-refractivity contribution in [3.05, 3.63) is 11.1 Å². The molecule has 2 N–H and O–H groups in total. The van der Waals surface area contributed by atoms with Gasteiger partial charge in [-0.15, -0.1) is 34.7 Å². The van der Waals surface area contributed by atoms with E-state index in [4.69, 9.17) is 17.3 Å². The van der Waals surface area contributed by atoms with E-state index in [1.165, 1.54) is 4.88 Å². The number of aromatic nitrogens is 1. The quantitative estimate of drug-likeness (QED) is 0.740. The average Bonchev–Trinajstić information content (AvgIpc) is 2.58. The third-order valence-electron chi connectivity index (χ3n) is 1.83. The summed E-state index contributed by atoms with van der Waals surface area (Å²) in [5, 5.41) is 1.19. The first-order valence-corrected chi connectivity index (χ1v) is 5.96. The van der Waals surface area contributed by atoms with Crippen molar-refractivity contribution >= 4 is 39.8 Å². The van der Waals surface area contributed by atoms with Crippen LogP contribution in [0.25, 0.3) is 0 Å². The molecule has 12 heavy (non-hydrogen) atoms. The number of nitrogens with two attached hydrogens (primary N) is 1. The fourth-order valence-electron chi connectivity index (χ4n) is 1.26. The van der Waals surface area contributed by atoms with Crippen LogP contribution in [0.2, 0.25) is 0 Å². The summed E-state index contributed by atoms with van der Waals surface area (Å²) in [6.07, 6.45) is 4.11. The molecule has 0 spiro atoms. The Bertz CT molecular complexity index is 276. The number of hydrogen-bond donors (Lipinski definition) is 1. The Morgan fingerprint density at radius 2 is 2.42 bits per heavy atom. The third-order valence-corrected chi connectivity index (χ3v) is 4.79. The summed E-state index contributed by atoms with van der Waals surface area (Å²) in [6, 6.07) is 0. The van der Waals surface area contributed by atoms with Crippen molar-refractivity contribution in [3.63, 3.8) is 0 Å². The molecule has 0 aromatic carbocycles. The summed E-state index contributed by atoms with van der Waals surface area (Å²) < 4.78 is 0.276. The minimum Gasteiger partial charge on any atom is -0.375 e. The van der Waals surface area contributed by atoms with Crippen LogP contribution in [-0.4, -0.2) is 9.69 Å². The van der Waals surface area contributed by atoms with Crippen LogP contribution >= 0.6 is 34.7 Å². The lowest BCUT2D eigenvalue weighted by molar-refractivity contribution is 0.822. The first-order chi connectivity index (χ1) is 5.75. The molecule has 2 heterocycles. The number of thioether (sulfide) groups is 1. The van der Waals surface area contributed by atoms with Gasteiger partial charge in [0, 0.05) is 16.3 Å². The van der Waals surface area contributed by atoms with Crippen LogP contribution in [0.5, 0.6) is 0 Å². The van der Waals surface area contributed by atoms with Gasteiger partial charge >= 0.3 is 0 Å². The highest BCUT2D eigenvalue weighted by atomic mass is 35.5. The van der Waals surface area contributed by atoms with Crippen LogP contribution in [0, 0.1) is 0 Å². The third kappa shape index (κ3) is 1.70. The Morgan fingerprint density at radius 1 is 1.58 bits per heavy atom. The normalized spacial score (nSPS) is 29.4. The van der Waals surface area contributed by atoms with Crippen LogP contribution in [0.4, 0.5) is 5.13 Å². The Labute approximate surface area is 84.5 Å². The predicted octanol–water partition coefficient (Wildman–Crippen LogP) is 2.86. The topological polar surface area (TPSA) is 38.9 Å². The Balaban J connectivity index is 2.11. The van der Waals surface area contributed by atoms with Crippen LogP contribution < -0.4 is 5.73 Å². The predicted molar refractivity (Wildman–Crippen MR) is 55.7 cm³/mol. The van der Waals surface area contributed by atoms with Crippen molar-refractivity contribution in [2.45, 2.75) is 22.8 Å². The summed E-state index contributed by atoms with van der Waals surface area (Å²) >= 11 is 9.37. The molecule has 2 unspecified atom stereocenters. The zero-order chi connectivity index (χ0) is 8.55. The van der Waals surface area contributed by atoms with Gasteiger partial charge in [0.25, 0.3) is 0 Å². The zero-order valence-electron chi connectivity index (χ0n) is 6.37. The van der Waals surface area contributed by atoms with Crippen molar-refractivity contribution in [2.75, 3.05) is 5.73 Å². The standard InChI is InChI=1S/C7H9ClN2S2/c8-6-2-1-4(11-6)5-3-10-7(9)12-5/h3-4,6H,1-2H2,(H2,9,10). The van der Waals surface area contributed by atoms with Crippen LogP contribution in [-0.2, 0) is 0 Å². The molecule has 2 rings (SSSR count). The lowest BCUT2D eigenvalue weighted by atomic mass is 10.2. The molecule has 2 nitrogen and oxygen atoms in total. The Kier molecular flexibility index (Phi) is 2.48. The van der Waals surface area contributed by atoms with Gasteiger partial charge in [-0.3, -0.25) is 0 Å². The summed E-state index contributed by atoms with van der Waals surface area (Å²) in [5.74, 6) is 0. The van der Waals surface area contributed by atoms with Gasteiger partial charge in [-0.1, -0.05) is 0 Å². The van der Waals surface area contributed by atoms with Crippen molar-refractivity contribution in [3.8, 4) is 0 Å². The second-order valence-electron chi connectivity index (χ2n) is 2.71. The molecule has 1 aromatic heterocycles. The smallest absolute Gasteiger partial charge is 0.180 e. The highest BCUT2D eigenvalue weighted by Crippen LogP contribution is 2.47. The van der Waals surface area contributed by atoms with E-state index in [1.807, 2.05) is 18.0 Å². The highest BCUT2D eigenvalue weighted by Gasteiger charge is 2.26. The number of hydrogen-bond acceptors (Lipinski definition) is 4. The van der Waals surface area contributed by atoms with Gasteiger partial charge in [-0.25, -0.2) is 4.98 Å². The number of nitrogens with zero attached hydrogens (tertiary/aromatic N) is 1. The van der Waals surface area contributed by atoms with E-state index < -0.39 is 0 Å². The van der Waals surface area contributed by atoms with E-state index in [0.717, 1.165) is 12.8 Å². The molecule has 0 saturated carbocycles. The van der Waals surface area contributed by atoms with E-state index in [0.29, 0.717) is 10.4 Å². The van der Waals surface area contributed by atoms with Crippen molar-refractivity contribution in [1.29, 1.82) is 0 Å². The average molecular weight is 221 g/mol. The second kappa shape index (κ2) is 3.44. The SMILES string of the molecule is Nc1ncc(C2CCC(Cl)S2)s1. The van der Waals surface area contributed by atoms with Crippen LogP contribution in [0.15, 0.2) is 6.20 Å². The van der Waals surface area contributed by atoms with Gasteiger partial charge in [0.2, 0.25) is 0 Å². The van der Waals surface area contributed by atoms with E-state index >= 15 is 0 Å². The molecule has 0 bridgehead atoms. The fraction of sp³-hybridized carbons (Fsp3) is 0.571. The molecule has 5 heteroatoms. The van der Waals surface area contributed by atoms with Gasteiger partial charge in [0.05, 0.1) is 4.71 Å². The molecule has 1 saturated heterocycles. The molecular formula is C7H9ClN2S2. The number of nitrogen functional groups attached to an aromatic ring is 1. The first kappa shape index (κ1) is 8.66. The molecule has 0 aliphatic carbocycles. The van der Waals surface area contributed by atoms with E-state index in [2.05, 4.69) is 4.98 Å². The maximum absolute atomic E-state index is 5.98. The largest absolute Gasteiger partial charge is 0.375 e. The molecule has 2 atom stereocenters. The van der Waals surface area contributed by atoms with Gasteiger partial charge in [0.15, 0.2) is 5.13 Å². The van der Waals surface area contributed by atoms with Gasteiger partial charge in [-0.05, 0) is 12.8 Å². The van der Waals surface area contributed by atoms with E-state index in [-0.39, 0.29) is 4.71 Å². The van der Waals surface area contributed by atoms with Crippen LogP contribution in [0.1, 0.15) is 23.0 Å². The monoisotopic (exact) mass is 220 g/mol. The van der Waals surface area contributed by atoms with E-state index in [1.54, 1.807) is 11.3 Å². The maximum atomic E-state index is 5.98. The lowest BCUT2D eigenvalue weighted by Crippen LogP contribution is -1.81.